The van der Waals surface area contributed by atoms with Crippen molar-refractivity contribution < 1.29 is 26.5 Å². The van der Waals surface area contributed by atoms with Gasteiger partial charge >= 0.3 is 0 Å². The van der Waals surface area contributed by atoms with Crippen LogP contribution in [-0.2, 0) is 21.2 Å². The first kappa shape index (κ1) is 23.0. The van der Waals surface area contributed by atoms with Gasteiger partial charge in [0.2, 0.25) is 27.6 Å². The zero-order valence-electron chi connectivity index (χ0n) is 17.7. The van der Waals surface area contributed by atoms with Gasteiger partial charge in [-0.25, -0.2) is 17.2 Å². The van der Waals surface area contributed by atoms with Crippen molar-refractivity contribution in [2.24, 2.45) is 0 Å². The predicted octanol–water partition coefficient (Wildman–Crippen LogP) is 2.87. The molecular formula is C22H22F2N4O4S. The fraction of sp³-hybridized carbons (Fsp3) is 0.318. The highest BCUT2D eigenvalue weighted by atomic mass is 32.2. The molecule has 0 atom stereocenters. The van der Waals surface area contributed by atoms with Crippen LogP contribution in [0.3, 0.4) is 0 Å². The molecular weight excluding hydrogens is 454 g/mol. The quantitative estimate of drug-likeness (QED) is 0.543. The van der Waals surface area contributed by atoms with E-state index in [0.717, 1.165) is 12.1 Å². The number of nitrogens with zero attached hydrogens (tertiary/aromatic N) is 4. The van der Waals surface area contributed by atoms with Crippen LogP contribution in [0.1, 0.15) is 18.7 Å². The lowest BCUT2D eigenvalue weighted by molar-refractivity contribution is -0.131. The first-order valence-corrected chi connectivity index (χ1v) is 11.9. The summed E-state index contributed by atoms with van der Waals surface area (Å²) in [5.74, 6) is -0.411. The summed E-state index contributed by atoms with van der Waals surface area (Å²) in [7, 11) is -3.76. The van der Waals surface area contributed by atoms with E-state index in [-0.39, 0.29) is 55.0 Å². The fourth-order valence-electron chi connectivity index (χ4n) is 3.58. The smallest absolute Gasteiger partial charge is 0.243 e. The van der Waals surface area contributed by atoms with Crippen molar-refractivity contribution in [1.82, 2.24) is 19.3 Å². The second-order valence-corrected chi connectivity index (χ2v) is 9.55. The Bertz CT molecular complexity index is 1210. The number of carbonyl (C=O) groups excluding carboxylic acids is 1. The Labute approximate surface area is 189 Å². The van der Waals surface area contributed by atoms with Gasteiger partial charge in [0.1, 0.15) is 11.6 Å². The SMILES string of the molecule is O=C(CCc1nc(-c2ccc(F)cc2)no1)N1CCCN(S(=O)(=O)c2ccc(F)cc2)CC1. The van der Waals surface area contributed by atoms with Crippen LogP contribution >= 0.6 is 0 Å². The molecule has 8 nitrogen and oxygen atoms in total. The summed E-state index contributed by atoms with van der Waals surface area (Å²) in [5, 5.41) is 3.86. The molecule has 1 fully saturated rings. The fourth-order valence-corrected chi connectivity index (χ4v) is 5.05. The summed E-state index contributed by atoms with van der Waals surface area (Å²) in [5.41, 5.74) is 0.604. The van der Waals surface area contributed by atoms with E-state index in [1.165, 1.54) is 40.7 Å². The number of aromatic nitrogens is 2. The molecule has 0 spiro atoms. The average Bonchev–Trinajstić information content (AvgIpc) is 3.13. The summed E-state index contributed by atoms with van der Waals surface area (Å²) in [6.45, 7) is 1.11. The lowest BCUT2D eigenvalue weighted by Crippen LogP contribution is -2.37. The monoisotopic (exact) mass is 476 g/mol. The highest BCUT2D eigenvalue weighted by Crippen LogP contribution is 2.19. The zero-order valence-corrected chi connectivity index (χ0v) is 18.5. The standard InChI is InChI=1S/C22H22F2N4O4S/c23-17-4-2-16(3-5-17)22-25-20(32-26-22)10-11-21(29)27-12-1-13-28(15-14-27)33(30,31)19-8-6-18(24)7-9-19/h2-9H,1,10-15H2. The molecule has 1 aliphatic rings. The Balaban J connectivity index is 1.33. The van der Waals surface area contributed by atoms with Crippen LogP contribution in [0.25, 0.3) is 11.4 Å². The Morgan fingerprint density at radius 2 is 1.61 bits per heavy atom. The normalized spacial score (nSPS) is 15.4. The minimum atomic E-state index is -3.76. The largest absolute Gasteiger partial charge is 0.341 e. The van der Waals surface area contributed by atoms with E-state index >= 15 is 0 Å². The molecule has 1 aromatic heterocycles. The van der Waals surface area contributed by atoms with Gasteiger partial charge in [0, 0.05) is 44.6 Å². The molecule has 0 bridgehead atoms. The van der Waals surface area contributed by atoms with Crippen LogP contribution in [0, 0.1) is 11.6 Å². The van der Waals surface area contributed by atoms with E-state index in [2.05, 4.69) is 10.1 Å². The van der Waals surface area contributed by atoms with Gasteiger partial charge in [-0.3, -0.25) is 4.79 Å². The van der Waals surface area contributed by atoms with Crippen molar-refractivity contribution in [3.8, 4) is 11.4 Å². The van der Waals surface area contributed by atoms with Crippen LogP contribution in [0.15, 0.2) is 57.9 Å². The number of benzene rings is 2. The molecule has 11 heteroatoms. The molecule has 3 aromatic rings. The molecule has 2 aromatic carbocycles. The Kier molecular flexibility index (Phi) is 6.80. The molecule has 0 saturated carbocycles. The minimum absolute atomic E-state index is 0.0250. The van der Waals surface area contributed by atoms with E-state index in [0.29, 0.717) is 24.4 Å². The number of halogens is 2. The first-order valence-electron chi connectivity index (χ1n) is 10.4. The van der Waals surface area contributed by atoms with Gasteiger partial charge in [0.05, 0.1) is 4.90 Å². The maximum absolute atomic E-state index is 13.1. The summed E-state index contributed by atoms with van der Waals surface area (Å²) in [6, 6.07) is 10.4. The Morgan fingerprint density at radius 1 is 0.939 bits per heavy atom. The maximum Gasteiger partial charge on any atom is 0.243 e. The summed E-state index contributed by atoms with van der Waals surface area (Å²) in [4.78, 5) is 18.6. The van der Waals surface area contributed by atoms with Gasteiger partial charge in [-0.05, 0) is 55.0 Å². The molecule has 0 aliphatic carbocycles. The highest BCUT2D eigenvalue weighted by Gasteiger charge is 2.28. The molecule has 33 heavy (non-hydrogen) atoms. The summed E-state index contributed by atoms with van der Waals surface area (Å²) < 4.78 is 58.4. The maximum atomic E-state index is 13.1. The number of hydrogen-bond acceptors (Lipinski definition) is 6. The average molecular weight is 477 g/mol. The molecule has 1 aliphatic heterocycles. The first-order chi connectivity index (χ1) is 15.8. The third-order valence-corrected chi connectivity index (χ3v) is 7.30. The molecule has 4 rings (SSSR count). The van der Waals surface area contributed by atoms with Crippen molar-refractivity contribution in [3.63, 3.8) is 0 Å². The topological polar surface area (TPSA) is 96.6 Å². The molecule has 1 amide bonds. The van der Waals surface area contributed by atoms with Gasteiger partial charge in [-0.1, -0.05) is 5.16 Å². The van der Waals surface area contributed by atoms with Gasteiger partial charge in [-0.2, -0.15) is 9.29 Å². The van der Waals surface area contributed by atoms with Gasteiger partial charge < -0.3 is 9.42 Å². The number of sulfonamides is 1. The van der Waals surface area contributed by atoms with Crippen LogP contribution in [0.4, 0.5) is 8.78 Å². The highest BCUT2D eigenvalue weighted by molar-refractivity contribution is 7.89. The number of amides is 1. The zero-order chi connectivity index (χ0) is 23.4. The van der Waals surface area contributed by atoms with Gasteiger partial charge in [0.25, 0.3) is 0 Å². The lowest BCUT2D eigenvalue weighted by Gasteiger charge is -2.22. The Morgan fingerprint density at radius 3 is 2.30 bits per heavy atom. The minimum Gasteiger partial charge on any atom is -0.341 e. The predicted molar refractivity (Wildman–Crippen MR) is 114 cm³/mol. The van der Waals surface area contributed by atoms with Crippen molar-refractivity contribution >= 4 is 15.9 Å². The van der Waals surface area contributed by atoms with E-state index in [9.17, 15) is 22.0 Å². The van der Waals surface area contributed by atoms with Crippen molar-refractivity contribution in [3.05, 3.63) is 66.1 Å². The lowest BCUT2D eigenvalue weighted by atomic mass is 10.2. The van der Waals surface area contributed by atoms with Crippen molar-refractivity contribution in [2.45, 2.75) is 24.2 Å². The van der Waals surface area contributed by atoms with Gasteiger partial charge in [-0.15, -0.1) is 0 Å². The van der Waals surface area contributed by atoms with Crippen molar-refractivity contribution in [1.29, 1.82) is 0 Å². The molecule has 0 unspecified atom stereocenters. The van der Waals surface area contributed by atoms with Crippen LogP contribution < -0.4 is 0 Å². The van der Waals surface area contributed by atoms with E-state index in [1.807, 2.05) is 0 Å². The number of rotatable bonds is 6. The number of aryl methyl sites for hydroxylation is 1. The van der Waals surface area contributed by atoms with Crippen LogP contribution in [0.5, 0.6) is 0 Å². The van der Waals surface area contributed by atoms with Gasteiger partial charge in [0.15, 0.2) is 0 Å². The van der Waals surface area contributed by atoms with E-state index in [4.69, 9.17) is 4.52 Å². The molecule has 2 heterocycles. The third-order valence-electron chi connectivity index (χ3n) is 5.38. The number of hydrogen-bond donors (Lipinski definition) is 0. The molecule has 1 saturated heterocycles. The molecule has 174 valence electrons. The third kappa shape index (κ3) is 5.42. The molecule has 0 N–H and O–H groups in total. The summed E-state index contributed by atoms with van der Waals surface area (Å²) in [6.07, 6.45) is 0.859. The van der Waals surface area contributed by atoms with Crippen LogP contribution in [0.2, 0.25) is 0 Å². The van der Waals surface area contributed by atoms with Crippen LogP contribution in [-0.4, -0.2) is 59.8 Å². The Hall–Kier alpha value is -3.18. The van der Waals surface area contributed by atoms with Crippen molar-refractivity contribution in [2.75, 3.05) is 26.2 Å². The second-order valence-electron chi connectivity index (χ2n) is 7.61. The number of carbonyl (C=O) groups is 1. The van der Waals surface area contributed by atoms with E-state index < -0.39 is 15.8 Å². The molecule has 0 radical (unpaired) electrons. The summed E-state index contributed by atoms with van der Waals surface area (Å²) >= 11 is 0. The second kappa shape index (κ2) is 9.75. The van der Waals surface area contributed by atoms with E-state index in [1.54, 1.807) is 4.90 Å².